The third kappa shape index (κ3) is 1.75. The van der Waals surface area contributed by atoms with E-state index in [1.54, 1.807) is 0 Å². The van der Waals surface area contributed by atoms with E-state index < -0.39 is 6.17 Å². The molecule has 2 heterocycles. The molecular weight excluding hydrogens is 195 g/mol. The molecular formula is C11H17FN2O. The fourth-order valence-electron chi connectivity index (χ4n) is 2.94. The van der Waals surface area contributed by atoms with E-state index in [0.29, 0.717) is 18.3 Å². The van der Waals surface area contributed by atoms with Gasteiger partial charge in [-0.1, -0.05) is 0 Å². The lowest BCUT2D eigenvalue weighted by Gasteiger charge is -2.41. The van der Waals surface area contributed by atoms with Crippen molar-refractivity contribution in [2.45, 2.75) is 19.0 Å². The Bertz CT molecular complexity index is 272. The fraction of sp³-hybridized carbons (Fsp3) is 0.909. The fourth-order valence-corrected chi connectivity index (χ4v) is 2.94. The van der Waals surface area contributed by atoms with Crippen LogP contribution in [0, 0.1) is 17.8 Å². The monoisotopic (exact) mass is 212 g/mol. The van der Waals surface area contributed by atoms with Crippen LogP contribution < -0.4 is 5.32 Å². The molecule has 3 rings (SSSR count). The van der Waals surface area contributed by atoms with E-state index in [0.717, 1.165) is 26.2 Å². The number of rotatable bonds is 1. The van der Waals surface area contributed by atoms with Crippen LogP contribution in [-0.4, -0.2) is 43.2 Å². The zero-order valence-electron chi connectivity index (χ0n) is 8.79. The van der Waals surface area contributed by atoms with E-state index in [2.05, 4.69) is 5.32 Å². The molecule has 1 amide bonds. The molecule has 0 aromatic carbocycles. The van der Waals surface area contributed by atoms with Gasteiger partial charge in [-0.3, -0.25) is 4.79 Å². The number of hydrogen-bond donors (Lipinski definition) is 1. The minimum absolute atomic E-state index is 0.0686. The molecule has 3 aliphatic rings. The maximum Gasteiger partial charge on any atom is 0.228 e. The molecule has 0 unspecified atom stereocenters. The second kappa shape index (κ2) is 3.44. The maximum atomic E-state index is 12.8. The first-order chi connectivity index (χ1) is 7.24. The average molecular weight is 212 g/mol. The van der Waals surface area contributed by atoms with E-state index in [-0.39, 0.29) is 11.8 Å². The Morgan fingerprint density at radius 3 is 2.33 bits per heavy atom. The van der Waals surface area contributed by atoms with Gasteiger partial charge in [-0.25, -0.2) is 4.39 Å². The van der Waals surface area contributed by atoms with Crippen molar-refractivity contribution in [3.8, 4) is 0 Å². The normalized spacial score (nSPS) is 43.9. The summed E-state index contributed by atoms with van der Waals surface area (Å²) in [6.07, 6.45) is 0.848. The lowest BCUT2D eigenvalue weighted by atomic mass is 9.85. The second-order valence-corrected chi connectivity index (χ2v) is 5.23. The minimum Gasteiger partial charge on any atom is -0.342 e. The quantitative estimate of drug-likeness (QED) is 0.683. The van der Waals surface area contributed by atoms with Gasteiger partial charge in [-0.15, -0.1) is 0 Å². The summed E-state index contributed by atoms with van der Waals surface area (Å²) < 4.78 is 12.8. The first-order valence-electron chi connectivity index (χ1n) is 5.87. The number of amides is 1. The van der Waals surface area contributed by atoms with E-state index in [1.165, 1.54) is 6.42 Å². The highest BCUT2D eigenvalue weighted by atomic mass is 19.1. The van der Waals surface area contributed by atoms with Crippen LogP contribution >= 0.6 is 0 Å². The first-order valence-corrected chi connectivity index (χ1v) is 5.87. The number of carbonyl (C=O) groups is 1. The van der Waals surface area contributed by atoms with E-state index in [4.69, 9.17) is 0 Å². The van der Waals surface area contributed by atoms with Crippen LogP contribution in [0.2, 0.25) is 0 Å². The summed E-state index contributed by atoms with van der Waals surface area (Å²) in [7, 11) is 0. The Morgan fingerprint density at radius 1 is 1.20 bits per heavy atom. The molecule has 0 spiro atoms. The highest BCUT2D eigenvalue weighted by Crippen LogP contribution is 2.37. The minimum atomic E-state index is -0.850. The van der Waals surface area contributed by atoms with Gasteiger partial charge < -0.3 is 10.2 Å². The van der Waals surface area contributed by atoms with Crippen LogP contribution in [0.4, 0.5) is 4.39 Å². The second-order valence-electron chi connectivity index (χ2n) is 5.23. The van der Waals surface area contributed by atoms with E-state index >= 15 is 0 Å². The van der Waals surface area contributed by atoms with E-state index in [9.17, 15) is 9.18 Å². The molecule has 15 heavy (non-hydrogen) atoms. The van der Waals surface area contributed by atoms with Crippen LogP contribution in [0.3, 0.4) is 0 Å². The molecule has 1 N–H and O–H groups in total. The molecule has 0 aromatic rings. The molecule has 84 valence electrons. The molecule has 4 atom stereocenters. The van der Waals surface area contributed by atoms with Gasteiger partial charge >= 0.3 is 0 Å². The molecule has 1 aliphatic carbocycles. The van der Waals surface area contributed by atoms with Crippen molar-refractivity contribution in [1.29, 1.82) is 0 Å². The average Bonchev–Trinajstić information content (AvgIpc) is 2.94. The van der Waals surface area contributed by atoms with Crippen molar-refractivity contribution in [2.75, 3.05) is 26.2 Å². The van der Waals surface area contributed by atoms with Gasteiger partial charge in [-0.05, 0) is 37.8 Å². The maximum absolute atomic E-state index is 12.8. The third-order valence-corrected chi connectivity index (χ3v) is 3.83. The number of alkyl halides is 1. The van der Waals surface area contributed by atoms with Crippen molar-refractivity contribution in [1.82, 2.24) is 10.2 Å². The summed E-state index contributed by atoms with van der Waals surface area (Å²) in [5.74, 6) is 0.965. The number of fused-ring (bicyclic) bond motifs is 2. The zero-order valence-corrected chi connectivity index (χ0v) is 8.79. The standard InChI is InChI=1S/C11H17FN2O/c12-10-2-9(10)11(15)14-5-7-1-8(6-14)4-13-3-7/h7-10,13H,1-6H2/t7-,8-,9+,10-/m1/s1. The smallest absolute Gasteiger partial charge is 0.228 e. The number of halogens is 1. The zero-order chi connectivity index (χ0) is 10.4. The first kappa shape index (κ1) is 9.58. The summed E-state index contributed by atoms with van der Waals surface area (Å²) in [6, 6.07) is 0. The number of nitrogens with one attached hydrogen (secondary N) is 1. The summed E-state index contributed by atoms with van der Waals surface area (Å²) in [5.41, 5.74) is 0. The van der Waals surface area contributed by atoms with Gasteiger partial charge in [0.05, 0.1) is 5.92 Å². The Morgan fingerprint density at radius 2 is 1.80 bits per heavy atom. The number of likely N-dealkylation sites (tertiary alicyclic amines) is 1. The van der Waals surface area contributed by atoms with Crippen LogP contribution in [0.1, 0.15) is 12.8 Å². The van der Waals surface area contributed by atoms with Gasteiger partial charge in [0.2, 0.25) is 5.91 Å². The molecule has 3 fully saturated rings. The van der Waals surface area contributed by atoms with Gasteiger partial charge in [0, 0.05) is 13.1 Å². The highest BCUT2D eigenvalue weighted by molar-refractivity contribution is 5.82. The van der Waals surface area contributed by atoms with Crippen molar-refractivity contribution >= 4 is 5.91 Å². The van der Waals surface area contributed by atoms with Crippen LogP contribution in [0.25, 0.3) is 0 Å². The molecule has 3 nitrogen and oxygen atoms in total. The van der Waals surface area contributed by atoms with Crippen molar-refractivity contribution in [2.24, 2.45) is 17.8 Å². The van der Waals surface area contributed by atoms with Crippen LogP contribution in [0.15, 0.2) is 0 Å². The SMILES string of the molecule is O=C([C@H]1C[C@H]1F)N1C[C@H]2CNC[C@@H](C2)C1. The van der Waals surface area contributed by atoms with Gasteiger partial charge in [0.1, 0.15) is 6.17 Å². The molecule has 2 aliphatic heterocycles. The number of piperidine rings is 2. The molecule has 1 saturated carbocycles. The number of nitrogens with zero attached hydrogens (tertiary/aromatic N) is 1. The predicted molar refractivity (Wildman–Crippen MR) is 54.0 cm³/mol. The Hall–Kier alpha value is -0.640. The summed E-state index contributed by atoms with van der Waals surface area (Å²) in [5, 5.41) is 3.39. The highest BCUT2D eigenvalue weighted by Gasteiger charge is 2.47. The Balaban J connectivity index is 1.64. The van der Waals surface area contributed by atoms with Gasteiger partial charge in [-0.2, -0.15) is 0 Å². The molecule has 0 radical (unpaired) electrons. The van der Waals surface area contributed by atoms with Crippen LogP contribution in [0.5, 0.6) is 0 Å². The molecule has 4 heteroatoms. The summed E-state index contributed by atoms with van der Waals surface area (Å²) in [6.45, 7) is 3.71. The predicted octanol–water partition coefficient (Wildman–Crippen LogP) is 0.412. The Kier molecular flexibility index (Phi) is 2.20. The molecule has 2 bridgehead atoms. The molecule has 0 aromatic heterocycles. The largest absolute Gasteiger partial charge is 0.342 e. The number of hydrogen-bond acceptors (Lipinski definition) is 2. The van der Waals surface area contributed by atoms with Gasteiger partial charge in [0.25, 0.3) is 0 Å². The van der Waals surface area contributed by atoms with E-state index in [1.807, 2.05) is 4.90 Å². The van der Waals surface area contributed by atoms with Crippen molar-refractivity contribution in [3.05, 3.63) is 0 Å². The summed E-state index contributed by atoms with van der Waals surface area (Å²) >= 11 is 0. The Labute approximate surface area is 89.0 Å². The van der Waals surface area contributed by atoms with Crippen molar-refractivity contribution in [3.63, 3.8) is 0 Å². The van der Waals surface area contributed by atoms with Gasteiger partial charge in [0.15, 0.2) is 0 Å². The number of carbonyl (C=O) groups excluding carboxylic acids is 1. The summed E-state index contributed by atoms with van der Waals surface area (Å²) in [4.78, 5) is 13.8. The third-order valence-electron chi connectivity index (χ3n) is 3.83. The van der Waals surface area contributed by atoms with Crippen molar-refractivity contribution < 1.29 is 9.18 Å². The lowest BCUT2D eigenvalue weighted by Crippen LogP contribution is -2.53. The topological polar surface area (TPSA) is 32.3 Å². The molecule has 2 saturated heterocycles. The lowest BCUT2D eigenvalue weighted by molar-refractivity contribution is -0.136. The van der Waals surface area contributed by atoms with Crippen LogP contribution in [-0.2, 0) is 4.79 Å².